The van der Waals surface area contributed by atoms with E-state index in [0.29, 0.717) is 12.5 Å². The number of carboxylic acids is 1. The van der Waals surface area contributed by atoms with E-state index in [2.05, 4.69) is 35.9 Å². The molecule has 0 aliphatic carbocycles. The maximum atomic E-state index is 11.3. The number of hydrogen-bond acceptors (Lipinski definition) is 5. The molecule has 1 aromatic rings. The van der Waals surface area contributed by atoms with Crippen LogP contribution < -0.4 is 4.90 Å². The zero-order valence-electron chi connectivity index (χ0n) is 11.7. The molecule has 0 saturated carbocycles. The lowest BCUT2D eigenvalue weighted by Crippen LogP contribution is -2.23. The van der Waals surface area contributed by atoms with Gasteiger partial charge in [-0.15, -0.1) is 10.2 Å². The van der Waals surface area contributed by atoms with E-state index in [0.717, 1.165) is 29.5 Å². The van der Waals surface area contributed by atoms with Crippen LogP contribution in [0.1, 0.15) is 44.5 Å². The van der Waals surface area contributed by atoms with Gasteiger partial charge in [0.2, 0.25) is 5.13 Å². The largest absolute Gasteiger partial charge is 0.481 e. The molecule has 1 aromatic heterocycles. The lowest BCUT2D eigenvalue weighted by molar-refractivity contribution is -0.142. The van der Waals surface area contributed by atoms with Gasteiger partial charge in [0.15, 0.2) is 0 Å². The van der Waals surface area contributed by atoms with Crippen molar-refractivity contribution in [2.24, 2.45) is 11.8 Å². The SMILES string of the molecule is CCC[C@@H]1CN(c2nnc(C(C)C)s2)C[C@H]1C(=O)O. The number of carboxylic acid groups (broad SMARTS) is 1. The molecule has 0 bridgehead atoms. The van der Waals surface area contributed by atoms with Gasteiger partial charge in [0.1, 0.15) is 5.01 Å². The van der Waals surface area contributed by atoms with Crippen molar-refractivity contribution >= 4 is 22.4 Å². The van der Waals surface area contributed by atoms with Gasteiger partial charge < -0.3 is 10.0 Å². The van der Waals surface area contributed by atoms with E-state index in [1.165, 1.54) is 0 Å². The highest BCUT2D eigenvalue weighted by atomic mass is 32.1. The molecule has 0 aromatic carbocycles. The molecule has 0 radical (unpaired) electrons. The molecular weight excluding hydrogens is 262 g/mol. The molecule has 2 heterocycles. The van der Waals surface area contributed by atoms with Crippen molar-refractivity contribution in [3.8, 4) is 0 Å². The lowest BCUT2D eigenvalue weighted by Gasteiger charge is -2.13. The van der Waals surface area contributed by atoms with Gasteiger partial charge in [-0.3, -0.25) is 4.79 Å². The van der Waals surface area contributed by atoms with E-state index < -0.39 is 5.97 Å². The van der Waals surface area contributed by atoms with Gasteiger partial charge in [0, 0.05) is 19.0 Å². The fraction of sp³-hybridized carbons (Fsp3) is 0.769. The van der Waals surface area contributed by atoms with E-state index in [1.807, 2.05) is 0 Å². The van der Waals surface area contributed by atoms with Gasteiger partial charge >= 0.3 is 5.97 Å². The third-order valence-corrected chi connectivity index (χ3v) is 4.90. The molecule has 1 aliphatic heterocycles. The van der Waals surface area contributed by atoms with E-state index >= 15 is 0 Å². The topological polar surface area (TPSA) is 66.3 Å². The normalized spacial score (nSPS) is 23.3. The molecule has 1 N–H and O–H groups in total. The Morgan fingerprint density at radius 3 is 2.74 bits per heavy atom. The Hall–Kier alpha value is -1.17. The van der Waals surface area contributed by atoms with Gasteiger partial charge in [-0.25, -0.2) is 0 Å². The van der Waals surface area contributed by atoms with Crippen molar-refractivity contribution in [3.63, 3.8) is 0 Å². The number of hydrogen-bond donors (Lipinski definition) is 1. The highest BCUT2D eigenvalue weighted by Crippen LogP contribution is 2.34. The Kier molecular flexibility index (Phi) is 4.39. The average molecular weight is 283 g/mol. The zero-order chi connectivity index (χ0) is 14.0. The number of rotatable bonds is 5. The van der Waals surface area contributed by atoms with E-state index in [1.54, 1.807) is 11.3 Å². The summed E-state index contributed by atoms with van der Waals surface area (Å²) < 4.78 is 0. The van der Waals surface area contributed by atoms with Gasteiger partial charge in [-0.05, 0) is 12.3 Å². The number of aliphatic carboxylic acids is 1. The van der Waals surface area contributed by atoms with Gasteiger partial charge in [0.05, 0.1) is 5.92 Å². The molecule has 2 atom stereocenters. The Bertz CT molecular complexity index is 447. The summed E-state index contributed by atoms with van der Waals surface area (Å²) in [6, 6.07) is 0. The predicted molar refractivity (Wildman–Crippen MR) is 75.7 cm³/mol. The minimum Gasteiger partial charge on any atom is -0.481 e. The molecule has 106 valence electrons. The summed E-state index contributed by atoms with van der Waals surface area (Å²) in [6.45, 7) is 7.64. The first kappa shape index (κ1) is 14.2. The maximum Gasteiger partial charge on any atom is 0.308 e. The minimum atomic E-state index is -0.686. The zero-order valence-corrected chi connectivity index (χ0v) is 12.5. The fourth-order valence-electron chi connectivity index (χ4n) is 2.56. The number of nitrogens with zero attached hydrogens (tertiary/aromatic N) is 3. The van der Waals surface area contributed by atoms with Crippen molar-refractivity contribution < 1.29 is 9.90 Å². The van der Waals surface area contributed by atoms with Crippen LogP contribution in [0, 0.1) is 11.8 Å². The van der Waals surface area contributed by atoms with Crippen LogP contribution in [0.15, 0.2) is 0 Å². The standard InChI is InChI=1S/C13H21N3O2S/c1-4-5-9-6-16(7-10(9)12(17)18)13-15-14-11(19-13)8(2)3/h8-10H,4-7H2,1-3H3,(H,17,18)/t9-,10-/m1/s1. The molecule has 0 unspecified atom stereocenters. The summed E-state index contributed by atoms with van der Waals surface area (Å²) in [7, 11) is 0. The fourth-order valence-corrected chi connectivity index (χ4v) is 3.42. The van der Waals surface area contributed by atoms with Crippen molar-refractivity contribution in [1.29, 1.82) is 0 Å². The first-order valence-electron chi connectivity index (χ1n) is 6.84. The summed E-state index contributed by atoms with van der Waals surface area (Å²) in [5.74, 6) is -0.356. The van der Waals surface area contributed by atoms with E-state index in [9.17, 15) is 9.90 Å². The quantitative estimate of drug-likeness (QED) is 0.899. The van der Waals surface area contributed by atoms with E-state index in [4.69, 9.17) is 0 Å². The van der Waals surface area contributed by atoms with Crippen LogP contribution >= 0.6 is 11.3 Å². The molecule has 2 rings (SSSR count). The minimum absolute atomic E-state index is 0.230. The van der Waals surface area contributed by atoms with Crippen LogP contribution in [-0.4, -0.2) is 34.4 Å². The van der Waals surface area contributed by atoms with Crippen LogP contribution in [0.25, 0.3) is 0 Å². The second-order valence-electron chi connectivity index (χ2n) is 5.48. The number of carbonyl (C=O) groups is 1. The van der Waals surface area contributed by atoms with Crippen molar-refractivity contribution in [1.82, 2.24) is 10.2 Å². The third kappa shape index (κ3) is 3.05. The molecule has 1 aliphatic rings. The molecule has 1 fully saturated rings. The summed E-state index contributed by atoms with van der Waals surface area (Å²) in [5, 5.41) is 19.6. The number of anilines is 1. The summed E-state index contributed by atoms with van der Waals surface area (Å²) in [6.07, 6.45) is 1.99. The molecule has 19 heavy (non-hydrogen) atoms. The molecular formula is C13H21N3O2S. The molecule has 6 heteroatoms. The van der Waals surface area contributed by atoms with Gasteiger partial charge in [-0.1, -0.05) is 38.5 Å². The Labute approximate surface area is 117 Å². The van der Waals surface area contributed by atoms with Crippen molar-refractivity contribution in [3.05, 3.63) is 5.01 Å². The molecule has 5 nitrogen and oxygen atoms in total. The highest BCUT2D eigenvalue weighted by molar-refractivity contribution is 7.15. The third-order valence-electron chi connectivity index (χ3n) is 3.61. The Morgan fingerprint density at radius 2 is 2.21 bits per heavy atom. The van der Waals surface area contributed by atoms with E-state index in [-0.39, 0.29) is 11.8 Å². The first-order chi connectivity index (χ1) is 9.02. The summed E-state index contributed by atoms with van der Waals surface area (Å²) >= 11 is 1.58. The smallest absolute Gasteiger partial charge is 0.308 e. The molecule has 0 amide bonds. The monoisotopic (exact) mass is 283 g/mol. The van der Waals surface area contributed by atoms with Crippen molar-refractivity contribution in [2.45, 2.75) is 39.5 Å². The van der Waals surface area contributed by atoms with Gasteiger partial charge in [-0.2, -0.15) is 0 Å². The van der Waals surface area contributed by atoms with Crippen LogP contribution in [0.5, 0.6) is 0 Å². The number of aromatic nitrogens is 2. The molecule has 0 spiro atoms. The average Bonchev–Trinajstić information content (AvgIpc) is 2.94. The predicted octanol–water partition coefficient (Wildman–Crippen LogP) is 2.60. The second kappa shape index (κ2) is 5.86. The summed E-state index contributed by atoms with van der Waals surface area (Å²) in [4.78, 5) is 13.4. The lowest BCUT2D eigenvalue weighted by atomic mass is 9.92. The highest BCUT2D eigenvalue weighted by Gasteiger charge is 2.38. The van der Waals surface area contributed by atoms with Crippen LogP contribution in [0.4, 0.5) is 5.13 Å². The Morgan fingerprint density at radius 1 is 1.47 bits per heavy atom. The van der Waals surface area contributed by atoms with Crippen LogP contribution in [0.2, 0.25) is 0 Å². The van der Waals surface area contributed by atoms with Crippen LogP contribution in [-0.2, 0) is 4.79 Å². The maximum absolute atomic E-state index is 11.3. The first-order valence-corrected chi connectivity index (χ1v) is 7.65. The van der Waals surface area contributed by atoms with Gasteiger partial charge in [0.25, 0.3) is 0 Å². The van der Waals surface area contributed by atoms with Crippen molar-refractivity contribution in [2.75, 3.05) is 18.0 Å². The summed E-state index contributed by atoms with van der Waals surface area (Å²) in [5.41, 5.74) is 0. The Balaban J connectivity index is 2.11. The van der Waals surface area contributed by atoms with Crippen LogP contribution in [0.3, 0.4) is 0 Å². The molecule has 1 saturated heterocycles. The second-order valence-corrected chi connectivity index (χ2v) is 6.46.